The number of aromatic nitrogens is 8. The summed E-state index contributed by atoms with van der Waals surface area (Å²) in [6.45, 7) is 6.68. The Kier molecular flexibility index (Phi) is 18.3. The van der Waals surface area contributed by atoms with E-state index in [1.165, 1.54) is 42.1 Å². The number of sulfonamides is 2. The molecule has 75 heavy (non-hydrogen) atoms. The first kappa shape index (κ1) is 57.4. The molecule has 0 aliphatic carbocycles. The fraction of sp³-hybridized carbons (Fsp3) is 0.591. The lowest BCUT2D eigenvalue weighted by Gasteiger charge is -2.21. The van der Waals surface area contributed by atoms with Crippen LogP contribution in [0.3, 0.4) is 0 Å². The van der Waals surface area contributed by atoms with Gasteiger partial charge in [-0.3, -0.25) is 9.13 Å². The van der Waals surface area contributed by atoms with E-state index in [0.717, 1.165) is 0 Å². The molecule has 9 N–H and O–H groups in total. The third kappa shape index (κ3) is 12.9. The fourth-order valence-corrected chi connectivity index (χ4v) is 11.3. The van der Waals surface area contributed by atoms with Crippen LogP contribution in [0.25, 0.3) is 22.3 Å². The number of imidazole rings is 2. The van der Waals surface area contributed by atoms with Crippen LogP contribution in [0.4, 0.5) is 24.8 Å². The van der Waals surface area contributed by atoms with E-state index in [2.05, 4.69) is 61.9 Å². The van der Waals surface area contributed by atoms with Crippen molar-refractivity contribution in [1.29, 1.82) is 0 Å². The quantitative estimate of drug-likeness (QED) is 0.0522. The summed E-state index contributed by atoms with van der Waals surface area (Å²) >= 11 is 0. The van der Waals surface area contributed by atoms with Crippen molar-refractivity contribution in [1.82, 2.24) is 53.8 Å². The number of aryl methyl sites for hydroxylation is 1. The van der Waals surface area contributed by atoms with Gasteiger partial charge >= 0.3 is 6.18 Å². The lowest BCUT2D eigenvalue weighted by Crippen LogP contribution is -2.33. The van der Waals surface area contributed by atoms with Crippen LogP contribution in [0.1, 0.15) is 56.5 Å². The lowest BCUT2D eigenvalue weighted by molar-refractivity contribution is -0.0965. The maximum Gasteiger partial charge on any atom is 0.430 e. The van der Waals surface area contributed by atoms with Crippen LogP contribution in [0.2, 0.25) is 0 Å². The van der Waals surface area contributed by atoms with Gasteiger partial charge in [-0.15, -0.1) is 0 Å². The number of alkyl halides is 3. The summed E-state index contributed by atoms with van der Waals surface area (Å²) in [5, 5.41) is 49.7. The van der Waals surface area contributed by atoms with Gasteiger partial charge in [-0.1, -0.05) is 12.6 Å². The van der Waals surface area contributed by atoms with Gasteiger partial charge in [0.2, 0.25) is 20.0 Å². The van der Waals surface area contributed by atoms with Crippen LogP contribution >= 0.6 is 0 Å². The van der Waals surface area contributed by atoms with Gasteiger partial charge in [0, 0.05) is 50.9 Å². The molecule has 0 unspecified atom stereocenters. The first-order valence-electron chi connectivity index (χ1n) is 23.5. The lowest BCUT2D eigenvalue weighted by atomic mass is 10.0. The minimum atomic E-state index is -4.69. The van der Waals surface area contributed by atoms with Gasteiger partial charge in [-0.05, 0) is 55.4 Å². The Balaban J connectivity index is 0.000000284. The zero-order valence-electron chi connectivity index (χ0n) is 41.8. The molecule has 8 rings (SSSR count). The Hall–Kier alpha value is -5.29. The third-order valence-electron chi connectivity index (χ3n) is 12.9. The first-order valence-corrected chi connectivity index (χ1v) is 26.6. The number of hydrogen-bond acceptors (Lipinski definition) is 22. The molecule has 4 aromatic heterocycles. The van der Waals surface area contributed by atoms with Crippen molar-refractivity contribution >= 4 is 54.0 Å². The van der Waals surface area contributed by atoms with E-state index in [-0.39, 0.29) is 67.9 Å². The van der Waals surface area contributed by atoms with Crippen molar-refractivity contribution < 1.29 is 77.0 Å². The Bertz CT molecular complexity index is 3050. The molecule has 7 heterocycles. The van der Waals surface area contributed by atoms with E-state index in [9.17, 15) is 50.4 Å². The summed E-state index contributed by atoms with van der Waals surface area (Å²) in [4.78, 5) is 26.0. The van der Waals surface area contributed by atoms with Crippen LogP contribution in [0, 0.1) is 19.8 Å². The van der Waals surface area contributed by atoms with Crippen LogP contribution in [0.5, 0.6) is 0 Å². The molecule has 0 saturated carbocycles. The number of aliphatic hydroxyl groups excluding tert-OH is 4. The molecular formula is C44H66F3N13O13S2. The minimum absolute atomic E-state index is 0. The third-order valence-corrected chi connectivity index (χ3v) is 15.9. The van der Waals surface area contributed by atoms with Crippen molar-refractivity contribution in [3.05, 3.63) is 65.4 Å². The maximum atomic E-state index is 13.4. The summed E-state index contributed by atoms with van der Waals surface area (Å²) in [6, 6.07) is 2.88. The van der Waals surface area contributed by atoms with E-state index in [1.54, 1.807) is 34.0 Å². The van der Waals surface area contributed by atoms with Gasteiger partial charge in [-0.2, -0.15) is 13.2 Å². The Labute approximate surface area is 432 Å². The largest absolute Gasteiger partial charge is 0.430 e. The molecule has 5 aromatic rings. The highest BCUT2D eigenvalue weighted by Crippen LogP contribution is 2.35. The first-order chi connectivity index (χ1) is 35.5. The molecule has 3 aliphatic rings. The fourth-order valence-electron chi connectivity index (χ4n) is 8.63. The molecular weight excluding hydrogens is 1040 g/mol. The number of benzene rings is 1. The smallest absolute Gasteiger partial charge is 0.387 e. The monoisotopic (exact) mass is 1110 g/mol. The highest BCUT2D eigenvalue weighted by Gasteiger charge is 2.46. The molecule has 418 valence electrons. The molecule has 3 saturated heterocycles. The van der Waals surface area contributed by atoms with Crippen molar-refractivity contribution in [2.45, 2.75) is 106 Å². The summed E-state index contributed by atoms with van der Waals surface area (Å²) in [6.07, 6.45) is -8.93. The van der Waals surface area contributed by atoms with E-state index in [0.29, 0.717) is 59.7 Å². The highest BCUT2D eigenvalue weighted by atomic mass is 32.2. The number of allylic oxidation sites excluding steroid dienone is 1. The Morgan fingerprint density at radius 2 is 1.27 bits per heavy atom. The van der Waals surface area contributed by atoms with Crippen LogP contribution in [-0.2, 0) is 63.4 Å². The molecule has 3 aliphatic heterocycles. The summed E-state index contributed by atoms with van der Waals surface area (Å²) < 4.78 is 126. The Morgan fingerprint density at radius 1 is 0.773 bits per heavy atom. The molecule has 8 atom stereocenters. The van der Waals surface area contributed by atoms with Gasteiger partial charge < -0.3 is 60.1 Å². The van der Waals surface area contributed by atoms with Gasteiger partial charge in [0.1, 0.15) is 54.0 Å². The molecule has 26 nitrogen and oxygen atoms in total. The topological polar surface area (TPSA) is 343 Å². The average molecular weight is 1110 g/mol. The number of aliphatic hydroxyl groups is 4. The van der Waals surface area contributed by atoms with Crippen LogP contribution < -0.4 is 25.4 Å². The van der Waals surface area contributed by atoms with E-state index >= 15 is 0 Å². The summed E-state index contributed by atoms with van der Waals surface area (Å²) in [5.74, 6) is 0.991. The number of anilines is 2. The standard InChI is InChI=1S/C25H32F3N7O6S.C19H30N6O7S.2H2/c1-12-6-7-17(15(13(12)2)8-30-14(3)25(26,27)28)42(38,39)32-9-18-33-22(29-4)19-23(34-18)35(11-31-19)24-21(37)20(36)16(41-24)10-40-5;1-20-17-14-18(25(10-21-14)19-16(27)15(26)12(32-19)8-30-2)24-13(23-17)7-22-33(28,29)9-11-3-5-31-6-4-11;;/h6-7,11,16,20-21,24,30,32,36-37H,3,8-10H2,1-2,4-5H3,(H,29,33,34);10-12,15-16,19,22,26-27H,3-9H2,1-2H3,(H,20,23,24);2*1H/t16-,20-,21-,24-;12-,15-,16-,19-;;/m11../s1. The summed E-state index contributed by atoms with van der Waals surface area (Å²) in [5.41, 5.74) is 1.40. The molecule has 31 heteroatoms. The van der Waals surface area contributed by atoms with Crippen LogP contribution in [0.15, 0.2) is 42.0 Å². The van der Waals surface area contributed by atoms with Crippen LogP contribution in [-0.4, -0.2) is 180 Å². The molecule has 3 fully saturated rings. The number of nitrogens with zero attached hydrogens (tertiary/aromatic N) is 8. The summed E-state index contributed by atoms with van der Waals surface area (Å²) in [7, 11) is -1.64. The predicted molar refractivity (Wildman–Crippen MR) is 266 cm³/mol. The number of halogens is 3. The van der Waals surface area contributed by atoms with Gasteiger partial charge in [-0.25, -0.2) is 56.2 Å². The number of hydrogen-bond donors (Lipinski definition) is 9. The highest BCUT2D eigenvalue weighted by molar-refractivity contribution is 7.89. The van der Waals surface area contributed by atoms with Gasteiger partial charge in [0.25, 0.3) is 0 Å². The minimum Gasteiger partial charge on any atom is -0.387 e. The molecule has 0 amide bonds. The van der Waals surface area contributed by atoms with Crippen molar-refractivity contribution in [3.8, 4) is 0 Å². The molecule has 0 bridgehead atoms. The van der Waals surface area contributed by atoms with Crippen molar-refractivity contribution in [2.24, 2.45) is 5.92 Å². The second-order valence-corrected chi connectivity index (χ2v) is 21.5. The SMILES string of the molecule is C=C(NCc1c(S(=O)(=O)NCc2nc(NC)c3ncn([C@@H]4O[C@H](COC)[C@@H](O)[C@H]4O)c3n2)ccc(C)c1C)C(F)(F)F.CNc1nc(CNS(=O)(=O)CC2CCOCC2)nc2c1ncn2[C@@H]1O[C@H](COC)[C@@H](O)[C@H]1O.[HH].[HH]. The second-order valence-electron chi connectivity index (χ2n) is 17.9. The zero-order chi connectivity index (χ0) is 54.6. The average Bonchev–Trinajstić information content (AvgIpc) is 4.15. The number of nitrogens with one attached hydrogen (secondary N) is 5. The number of rotatable bonds is 20. The van der Waals surface area contributed by atoms with Crippen molar-refractivity contribution in [2.75, 3.05) is 71.1 Å². The maximum absolute atomic E-state index is 13.4. The Morgan fingerprint density at radius 3 is 1.73 bits per heavy atom. The second kappa shape index (κ2) is 23.9. The molecule has 1 aromatic carbocycles. The number of methoxy groups -OCH3 is 2. The zero-order valence-corrected chi connectivity index (χ0v) is 43.4. The number of ether oxygens (including phenoxy) is 5. The van der Waals surface area contributed by atoms with Gasteiger partial charge in [0.15, 0.2) is 46.4 Å². The normalized spacial score (nSPS) is 23.6. The predicted octanol–water partition coefficient (Wildman–Crippen LogP) is 0.866. The molecule has 0 spiro atoms. The van der Waals surface area contributed by atoms with Crippen molar-refractivity contribution in [3.63, 3.8) is 0 Å². The van der Waals surface area contributed by atoms with Gasteiger partial charge in [0.05, 0.1) is 49.6 Å². The van der Waals surface area contributed by atoms with E-state index in [1.807, 2.05) is 0 Å². The number of fused-ring (bicyclic) bond motifs is 2. The molecule has 0 radical (unpaired) electrons. The van der Waals surface area contributed by atoms with E-state index in [4.69, 9.17) is 23.7 Å². The van der Waals surface area contributed by atoms with E-state index < -0.39 is 94.1 Å².